The Bertz CT molecular complexity index is 555. The average molecular weight is 424 g/mol. The van der Waals surface area contributed by atoms with Crippen LogP contribution >= 0.6 is 0 Å². The van der Waals surface area contributed by atoms with Crippen LogP contribution in [0.5, 0.6) is 0 Å². The second-order valence-corrected chi connectivity index (χ2v) is 11.5. The third kappa shape index (κ3) is 5.49. The van der Waals surface area contributed by atoms with E-state index in [-0.39, 0.29) is 37.2 Å². The maximum Gasteiger partial charge on any atom is -1.00 e. The van der Waals surface area contributed by atoms with Crippen LogP contribution in [0.25, 0.3) is 0 Å². The van der Waals surface area contributed by atoms with Gasteiger partial charge in [0.25, 0.3) is 0 Å². The van der Waals surface area contributed by atoms with Gasteiger partial charge < -0.3 is 37.2 Å². The number of unbranched alkanes of at least 4 members (excludes halogenated alkanes) is 1. The second kappa shape index (κ2) is 11.2. The van der Waals surface area contributed by atoms with Crippen LogP contribution < -0.4 is 42.4 Å². The smallest absolute Gasteiger partial charge is 1.00 e. The fourth-order valence-corrected chi connectivity index (χ4v) is 8.66. The minimum Gasteiger partial charge on any atom is -1.00 e. The molecule has 2 rings (SSSR count). The fourth-order valence-electron chi connectivity index (χ4n) is 3.31. The van der Waals surface area contributed by atoms with Crippen molar-refractivity contribution in [3.8, 4) is 0 Å². The topological polar surface area (TPSA) is 0 Å². The predicted octanol–water partition coefficient (Wildman–Crippen LogP) is -4.14. The molecule has 1 aliphatic rings. The van der Waals surface area contributed by atoms with Crippen molar-refractivity contribution in [3.05, 3.63) is 50.6 Å². The van der Waals surface area contributed by atoms with Crippen LogP contribution in [0.15, 0.2) is 50.6 Å². The first-order valence-electron chi connectivity index (χ1n) is 7.68. The van der Waals surface area contributed by atoms with Crippen LogP contribution in [0.1, 0.15) is 40.0 Å². The van der Waals surface area contributed by atoms with E-state index in [4.69, 9.17) is 0 Å². The molecule has 1 aromatic rings. The molecule has 0 nitrogen and oxygen atoms in total. The van der Waals surface area contributed by atoms with Crippen molar-refractivity contribution in [2.75, 3.05) is 0 Å². The van der Waals surface area contributed by atoms with E-state index in [0.29, 0.717) is 0 Å². The molecule has 0 spiro atoms. The van der Waals surface area contributed by atoms with Crippen molar-refractivity contribution >= 4 is 13.3 Å². The summed E-state index contributed by atoms with van der Waals surface area (Å²) in [5, 5.41) is 3.40. The zero-order chi connectivity index (χ0) is 14.8. The van der Waals surface area contributed by atoms with E-state index in [1.165, 1.54) is 25.3 Å². The van der Waals surface area contributed by atoms with Crippen LogP contribution in [0.4, 0.5) is 0 Å². The minimum absolute atomic E-state index is 0. The zero-order valence-electron chi connectivity index (χ0n) is 14.3. The van der Waals surface area contributed by atoms with Crippen molar-refractivity contribution < 1.29 is 57.7 Å². The Balaban J connectivity index is 0. The first-order chi connectivity index (χ1) is 9.50. The Morgan fingerprint density at radius 3 is 2.00 bits per heavy atom. The van der Waals surface area contributed by atoms with E-state index in [2.05, 4.69) is 78.1 Å². The molecule has 0 fully saturated rings. The average Bonchev–Trinajstić information content (AvgIpc) is 2.74. The molecule has 0 heterocycles. The molecule has 0 bridgehead atoms. The maximum absolute atomic E-state index is 2.59. The van der Waals surface area contributed by atoms with Gasteiger partial charge in [-0.3, -0.25) is 0 Å². The molecule has 1 aromatic carbocycles. The summed E-state index contributed by atoms with van der Waals surface area (Å²) < 4.78 is 1.59. The third-order valence-corrected chi connectivity index (χ3v) is 10.6. The normalized spacial score (nSPS) is 16.3. The molecule has 0 saturated carbocycles. The summed E-state index contributed by atoms with van der Waals surface area (Å²) >= 11 is 2.31. The summed E-state index contributed by atoms with van der Waals surface area (Å²) in [6.07, 6.45) is 3.87. The summed E-state index contributed by atoms with van der Waals surface area (Å²) in [7, 11) is -1.52. The standard InChI is InChI=1S/C18H25Si.3ClH.Ti/c1-5-6-14-19(4,17-10-8-7-9-11-17)18-13-12-15(2)16(18)3;;;;/h7-11H,5-6,13-14H2,1-4H3;3*1H;/q;;;;+3/p-3. The number of halogens is 3. The molecule has 5 heteroatoms. The van der Waals surface area contributed by atoms with E-state index < -0.39 is 8.07 Å². The van der Waals surface area contributed by atoms with Gasteiger partial charge in [0.15, 0.2) is 0 Å². The van der Waals surface area contributed by atoms with Gasteiger partial charge in [0, 0.05) is 0 Å². The number of hydrogen-bond donors (Lipinski definition) is 0. The van der Waals surface area contributed by atoms with E-state index in [1.54, 1.807) is 25.4 Å². The number of benzene rings is 1. The number of rotatable bonds is 5. The Kier molecular flexibility index (Phi) is 12.5. The molecule has 23 heavy (non-hydrogen) atoms. The van der Waals surface area contributed by atoms with E-state index in [0.717, 1.165) is 0 Å². The molecule has 126 valence electrons. The van der Waals surface area contributed by atoms with Crippen molar-refractivity contribution in [3.63, 3.8) is 0 Å². The second-order valence-electron chi connectivity index (χ2n) is 6.19. The summed E-state index contributed by atoms with van der Waals surface area (Å²) in [5.41, 5.74) is 3.14. The van der Waals surface area contributed by atoms with Gasteiger partial charge in [0.05, 0.1) is 0 Å². The monoisotopic (exact) mass is 422 g/mol. The Morgan fingerprint density at radius 2 is 1.57 bits per heavy atom. The van der Waals surface area contributed by atoms with E-state index in [1.807, 2.05) is 0 Å². The van der Waals surface area contributed by atoms with Gasteiger partial charge in [-0.05, 0) is 0 Å². The minimum atomic E-state index is -1.52. The first-order valence-corrected chi connectivity index (χ1v) is 11.2. The van der Waals surface area contributed by atoms with Crippen LogP contribution in [0, 0.1) is 0 Å². The van der Waals surface area contributed by atoms with Crippen LogP contribution in [-0.2, 0) is 20.4 Å². The fraction of sp³-hybridized carbons (Fsp3) is 0.444. The van der Waals surface area contributed by atoms with Crippen molar-refractivity contribution in [1.82, 2.24) is 0 Å². The summed E-state index contributed by atoms with van der Waals surface area (Å²) in [6.45, 7) is 9.55. The van der Waals surface area contributed by atoms with Crippen LogP contribution in [0.3, 0.4) is 0 Å². The molecular formula is C18H25Cl3SiTi. The molecule has 1 unspecified atom stereocenters. The predicted molar refractivity (Wildman–Crippen MR) is 87.4 cm³/mol. The molecule has 0 aliphatic heterocycles. The van der Waals surface area contributed by atoms with E-state index in [9.17, 15) is 0 Å². The number of hydrogen-bond acceptors (Lipinski definition) is 0. The van der Waals surface area contributed by atoms with Crippen molar-refractivity contribution in [2.45, 2.75) is 52.6 Å². The van der Waals surface area contributed by atoms with E-state index >= 15 is 0 Å². The summed E-state index contributed by atoms with van der Waals surface area (Å²) in [4.78, 5) is 0. The SMILES string of the molecule is CCCC[Si](C)(C1=C(C)C(C)=[C]([Ti+3])C1)c1ccccc1.[Cl-].[Cl-].[Cl-]. The van der Waals surface area contributed by atoms with Crippen LogP contribution in [-0.4, -0.2) is 8.07 Å². The van der Waals surface area contributed by atoms with Crippen molar-refractivity contribution in [2.24, 2.45) is 0 Å². The molecular weight excluding hydrogens is 399 g/mol. The third-order valence-electron chi connectivity index (χ3n) is 4.93. The van der Waals surface area contributed by atoms with Gasteiger partial charge >= 0.3 is 137 Å². The molecule has 0 radical (unpaired) electrons. The first kappa shape index (κ1) is 25.7. The Hall–Kier alpha value is 0.501. The molecule has 0 saturated heterocycles. The quantitative estimate of drug-likeness (QED) is 0.422. The molecule has 0 amide bonds. The largest absolute Gasteiger partial charge is 1.00 e. The summed E-state index contributed by atoms with van der Waals surface area (Å²) in [6, 6.07) is 12.7. The summed E-state index contributed by atoms with van der Waals surface area (Å²) in [5.74, 6) is 0. The number of allylic oxidation sites excluding steroid dienone is 4. The van der Waals surface area contributed by atoms with Crippen molar-refractivity contribution in [1.29, 1.82) is 0 Å². The molecule has 0 N–H and O–H groups in total. The Labute approximate surface area is 173 Å². The Morgan fingerprint density at radius 1 is 1.00 bits per heavy atom. The zero-order valence-corrected chi connectivity index (χ0v) is 19.2. The maximum atomic E-state index is 2.59. The van der Waals surface area contributed by atoms with Gasteiger partial charge in [-0.25, -0.2) is 0 Å². The van der Waals surface area contributed by atoms with Gasteiger partial charge in [-0.1, -0.05) is 0 Å². The molecule has 1 atom stereocenters. The van der Waals surface area contributed by atoms with Gasteiger partial charge in [0.1, 0.15) is 0 Å². The van der Waals surface area contributed by atoms with Gasteiger partial charge in [-0.2, -0.15) is 0 Å². The van der Waals surface area contributed by atoms with Crippen LogP contribution in [0.2, 0.25) is 12.6 Å². The molecule has 1 aliphatic carbocycles. The van der Waals surface area contributed by atoms with Gasteiger partial charge in [0.2, 0.25) is 0 Å². The van der Waals surface area contributed by atoms with Gasteiger partial charge in [-0.15, -0.1) is 0 Å². The molecule has 0 aromatic heterocycles.